The van der Waals surface area contributed by atoms with Gasteiger partial charge in [-0.15, -0.1) is 0 Å². The first kappa shape index (κ1) is 8.71. The first-order chi connectivity index (χ1) is 5.20. The summed E-state index contributed by atoms with van der Waals surface area (Å²) in [5, 5.41) is 0. The molecular formula is C8H15NO2. The molecular weight excluding hydrogens is 142 g/mol. The Labute approximate surface area is 67.2 Å². The van der Waals surface area contributed by atoms with Crippen LogP contribution in [0.2, 0.25) is 0 Å². The molecule has 3 heteroatoms. The molecule has 3 nitrogen and oxygen atoms in total. The molecule has 1 rings (SSSR count). The molecule has 0 amide bonds. The Morgan fingerprint density at radius 1 is 1.64 bits per heavy atom. The van der Waals surface area contributed by atoms with E-state index in [2.05, 4.69) is 0 Å². The molecule has 1 heterocycles. The largest absolute Gasteiger partial charge is 0.348 e. The second kappa shape index (κ2) is 3.85. The van der Waals surface area contributed by atoms with Crippen LogP contribution in [0.4, 0.5) is 0 Å². The van der Waals surface area contributed by atoms with Gasteiger partial charge in [-0.1, -0.05) is 12.2 Å². The van der Waals surface area contributed by atoms with Gasteiger partial charge in [0.2, 0.25) is 0 Å². The molecule has 0 spiro atoms. The maximum atomic E-state index is 5.69. The summed E-state index contributed by atoms with van der Waals surface area (Å²) in [5.41, 5.74) is 5.69. The minimum absolute atomic E-state index is 0.119. The Morgan fingerprint density at radius 3 is 2.91 bits per heavy atom. The van der Waals surface area contributed by atoms with Crippen LogP contribution in [0, 0.1) is 0 Å². The summed E-state index contributed by atoms with van der Waals surface area (Å²) in [5.74, 6) is 0. The molecule has 0 radical (unpaired) electrons. The van der Waals surface area contributed by atoms with Gasteiger partial charge in [-0.3, -0.25) is 0 Å². The summed E-state index contributed by atoms with van der Waals surface area (Å²) in [6, 6.07) is -0.119. The lowest BCUT2D eigenvalue weighted by molar-refractivity contribution is -0.165. The molecule has 0 aliphatic carbocycles. The summed E-state index contributed by atoms with van der Waals surface area (Å²) < 4.78 is 10.7. The summed E-state index contributed by atoms with van der Waals surface area (Å²) >= 11 is 0. The van der Waals surface area contributed by atoms with Crippen LogP contribution in [0.5, 0.6) is 0 Å². The minimum Gasteiger partial charge on any atom is -0.348 e. The molecule has 2 N–H and O–H groups in total. The molecule has 0 fully saturated rings. The third-order valence-corrected chi connectivity index (χ3v) is 1.44. The van der Waals surface area contributed by atoms with Crippen molar-refractivity contribution in [2.24, 2.45) is 5.73 Å². The average Bonchev–Trinajstić information content (AvgIpc) is 1.93. The molecule has 2 atom stereocenters. The van der Waals surface area contributed by atoms with Crippen LogP contribution in [-0.2, 0) is 9.47 Å². The van der Waals surface area contributed by atoms with Crippen molar-refractivity contribution < 1.29 is 9.47 Å². The Morgan fingerprint density at radius 2 is 2.36 bits per heavy atom. The van der Waals surface area contributed by atoms with Gasteiger partial charge in [-0.05, 0) is 13.8 Å². The molecule has 0 aromatic heterocycles. The van der Waals surface area contributed by atoms with E-state index in [-0.39, 0.29) is 18.4 Å². The van der Waals surface area contributed by atoms with E-state index >= 15 is 0 Å². The van der Waals surface area contributed by atoms with Crippen LogP contribution >= 0.6 is 0 Å². The highest BCUT2D eigenvalue weighted by atomic mass is 16.7. The van der Waals surface area contributed by atoms with Gasteiger partial charge in [-0.25, -0.2) is 0 Å². The van der Waals surface area contributed by atoms with Gasteiger partial charge in [0.25, 0.3) is 0 Å². The number of rotatable bonds is 2. The zero-order valence-electron chi connectivity index (χ0n) is 6.99. The molecule has 0 saturated heterocycles. The van der Waals surface area contributed by atoms with E-state index in [1.807, 2.05) is 26.0 Å². The Bertz CT molecular complexity index is 145. The third-order valence-electron chi connectivity index (χ3n) is 1.44. The van der Waals surface area contributed by atoms with Gasteiger partial charge in [0.15, 0.2) is 6.29 Å². The first-order valence-corrected chi connectivity index (χ1v) is 3.89. The van der Waals surface area contributed by atoms with E-state index in [9.17, 15) is 0 Å². The summed E-state index contributed by atoms with van der Waals surface area (Å²) in [6.07, 6.45) is 3.72. The summed E-state index contributed by atoms with van der Waals surface area (Å²) in [4.78, 5) is 0. The molecule has 1 aliphatic rings. The zero-order chi connectivity index (χ0) is 8.27. The van der Waals surface area contributed by atoms with Crippen LogP contribution < -0.4 is 5.73 Å². The quantitative estimate of drug-likeness (QED) is 0.598. The fourth-order valence-electron chi connectivity index (χ4n) is 0.963. The fraction of sp³-hybridized carbons (Fsp3) is 0.750. The van der Waals surface area contributed by atoms with Gasteiger partial charge in [0.1, 0.15) is 0 Å². The highest BCUT2D eigenvalue weighted by Crippen LogP contribution is 2.08. The second-order valence-electron chi connectivity index (χ2n) is 2.89. The first-order valence-electron chi connectivity index (χ1n) is 3.89. The number of hydrogen-bond acceptors (Lipinski definition) is 3. The summed E-state index contributed by atoms with van der Waals surface area (Å²) in [6.45, 7) is 4.54. The van der Waals surface area contributed by atoms with E-state index in [1.165, 1.54) is 0 Å². The van der Waals surface area contributed by atoms with Gasteiger partial charge in [0.05, 0.1) is 18.8 Å². The predicted molar refractivity (Wildman–Crippen MR) is 43.1 cm³/mol. The average molecular weight is 157 g/mol. The lowest BCUT2D eigenvalue weighted by Gasteiger charge is -2.26. The number of hydrogen-bond donors (Lipinski definition) is 1. The number of nitrogens with two attached hydrogens (primary N) is 1. The normalized spacial score (nSPS) is 31.3. The van der Waals surface area contributed by atoms with Crippen LogP contribution in [0.3, 0.4) is 0 Å². The van der Waals surface area contributed by atoms with Gasteiger partial charge < -0.3 is 15.2 Å². The van der Waals surface area contributed by atoms with Crippen molar-refractivity contribution in [3.05, 3.63) is 12.2 Å². The topological polar surface area (TPSA) is 44.5 Å². The monoisotopic (exact) mass is 157 g/mol. The molecule has 1 aliphatic heterocycles. The molecule has 11 heavy (non-hydrogen) atoms. The van der Waals surface area contributed by atoms with Crippen molar-refractivity contribution in [1.82, 2.24) is 0 Å². The van der Waals surface area contributed by atoms with Gasteiger partial charge in [0, 0.05) is 0 Å². The maximum absolute atomic E-state index is 5.69. The molecule has 0 aromatic carbocycles. The van der Waals surface area contributed by atoms with Crippen molar-refractivity contribution in [3.8, 4) is 0 Å². The molecule has 0 aromatic rings. The second-order valence-corrected chi connectivity index (χ2v) is 2.89. The van der Waals surface area contributed by atoms with E-state index in [0.717, 1.165) is 0 Å². The van der Waals surface area contributed by atoms with E-state index in [1.54, 1.807) is 0 Å². The van der Waals surface area contributed by atoms with E-state index in [4.69, 9.17) is 15.2 Å². The van der Waals surface area contributed by atoms with E-state index < -0.39 is 0 Å². The predicted octanol–water partition coefficient (Wildman–Crippen LogP) is 0.651. The SMILES string of the molecule is CC(C)O[C@H]1OCC=C[C@@H]1N. The molecule has 0 unspecified atom stereocenters. The third kappa shape index (κ3) is 2.61. The van der Waals surface area contributed by atoms with E-state index in [0.29, 0.717) is 6.61 Å². The minimum atomic E-state index is -0.264. The van der Waals surface area contributed by atoms with Crippen molar-refractivity contribution in [2.45, 2.75) is 32.3 Å². The van der Waals surface area contributed by atoms with Crippen LogP contribution in [0.15, 0.2) is 12.2 Å². The maximum Gasteiger partial charge on any atom is 0.176 e. The van der Waals surface area contributed by atoms with Crippen LogP contribution in [0.25, 0.3) is 0 Å². The molecule has 0 saturated carbocycles. The zero-order valence-corrected chi connectivity index (χ0v) is 6.99. The van der Waals surface area contributed by atoms with Crippen molar-refractivity contribution in [3.63, 3.8) is 0 Å². The lowest BCUT2D eigenvalue weighted by Crippen LogP contribution is -2.41. The molecule has 0 bridgehead atoms. The van der Waals surface area contributed by atoms with Gasteiger partial charge in [-0.2, -0.15) is 0 Å². The van der Waals surface area contributed by atoms with Crippen LogP contribution in [-0.4, -0.2) is 25.0 Å². The van der Waals surface area contributed by atoms with Gasteiger partial charge >= 0.3 is 0 Å². The van der Waals surface area contributed by atoms with Crippen molar-refractivity contribution >= 4 is 0 Å². The Hall–Kier alpha value is -0.380. The number of ether oxygens (including phenoxy) is 2. The van der Waals surface area contributed by atoms with Crippen molar-refractivity contribution in [1.29, 1.82) is 0 Å². The highest BCUT2D eigenvalue weighted by molar-refractivity contribution is 4.97. The Balaban J connectivity index is 2.38. The van der Waals surface area contributed by atoms with Crippen LogP contribution in [0.1, 0.15) is 13.8 Å². The molecule has 64 valence electrons. The summed E-state index contributed by atoms with van der Waals surface area (Å²) in [7, 11) is 0. The smallest absolute Gasteiger partial charge is 0.176 e. The standard InChI is InChI=1S/C8H15NO2/c1-6(2)11-8-7(9)4-3-5-10-8/h3-4,6-8H,5,9H2,1-2H3/t7-,8+/m0/s1. The lowest BCUT2D eigenvalue weighted by atomic mass is 10.2. The Kier molecular flexibility index (Phi) is 3.05. The van der Waals surface area contributed by atoms with Crippen molar-refractivity contribution in [2.75, 3.05) is 6.61 Å². The fourth-order valence-corrected chi connectivity index (χ4v) is 0.963. The highest BCUT2D eigenvalue weighted by Gasteiger charge is 2.20.